The van der Waals surface area contributed by atoms with Gasteiger partial charge in [-0.2, -0.15) is 0 Å². The van der Waals surface area contributed by atoms with Gasteiger partial charge in [0.05, 0.1) is 11.7 Å². The van der Waals surface area contributed by atoms with E-state index < -0.39 is 0 Å². The van der Waals surface area contributed by atoms with E-state index >= 15 is 0 Å². The number of aromatic nitrogens is 2. The molecule has 0 spiro atoms. The number of benzene rings is 2. The molecule has 0 aliphatic heterocycles. The highest BCUT2D eigenvalue weighted by atomic mass is 32.1. The van der Waals surface area contributed by atoms with E-state index in [2.05, 4.69) is 70.4 Å². The first-order valence-corrected chi connectivity index (χ1v) is 7.88. The summed E-state index contributed by atoms with van der Waals surface area (Å²) in [5.74, 6) is 0. The molecular weight excluding hydrogens is 278 g/mol. The van der Waals surface area contributed by atoms with Gasteiger partial charge >= 0.3 is 0 Å². The molecule has 0 fully saturated rings. The molecule has 106 valence electrons. The molecule has 0 aliphatic carbocycles. The molecular formula is C17H17N3S. The van der Waals surface area contributed by atoms with Crippen molar-refractivity contribution in [1.82, 2.24) is 14.9 Å². The van der Waals surface area contributed by atoms with Crippen molar-refractivity contribution in [3.05, 3.63) is 71.2 Å². The normalized spacial score (nSPS) is 12.2. The lowest BCUT2D eigenvalue weighted by Gasteiger charge is -2.16. The SMILES string of the molecule is CCNC(c1ccc(-c2ccccc2)cc1)c1csnn1. The van der Waals surface area contributed by atoms with Gasteiger partial charge in [-0.15, -0.1) is 5.10 Å². The Morgan fingerprint density at radius 1 is 1.00 bits per heavy atom. The van der Waals surface area contributed by atoms with Crippen LogP contribution in [0.5, 0.6) is 0 Å². The summed E-state index contributed by atoms with van der Waals surface area (Å²) in [7, 11) is 0. The number of nitrogens with zero attached hydrogens (tertiary/aromatic N) is 2. The second-order valence-corrected chi connectivity index (χ2v) is 5.42. The third-order valence-electron chi connectivity index (χ3n) is 3.43. The molecule has 3 rings (SSSR count). The molecule has 0 radical (unpaired) electrons. The van der Waals surface area contributed by atoms with Gasteiger partial charge in [-0.25, -0.2) is 0 Å². The van der Waals surface area contributed by atoms with E-state index in [0.29, 0.717) is 0 Å². The van der Waals surface area contributed by atoms with Crippen molar-refractivity contribution in [1.29, 1.82) is 0 Å². The molecule has 4 heteroatoms. The third-order valence-corrected chi connectivity index (χ3v) is 3.95. The predicted octanol–water partition coefficient (Wildman–Crippen LogP) is 3.90. The van der Waals surface area contributed by atoms with Crippen molar-refractivity contribution in [2.75, 3.05) is 6.54 Å². The van der Waals surface area contributed by atoms with Crippen LogP contribution in [0.3, 0.4) is 0 Å². The number of nitrogens with one attached hydrogen (secondary N) is 1. The molecule has 0 saturated carbocycles. The van der Waals surface area contributed by atoms with Gasteiger partial charge in [0.2, 0.25) is 0 Å². The molecule has 0 aliphatic rings. The molecule has 0 bridgehead atoms. The van der Waals surface area contributed by atoms with Gasteiger partial charge in [0, 0.05) is 5.38 Å². The highest BCUT2D eigenvalue weighted by molar-refractivity contribution is 7.03. The average molecular weight is 295 g/mol. The average Bonchev–Trinajstić information content (AvgIpc) is 3.08. The van der Waals surface area contributed by atoms with Crippen LogP contribution in [-0.2, 0) is 0 Å². The molecule has 21 heavy (non-hydrogen) atoms. The number of hydrogen-bond acceptors (Lipinski definition) is 4. The second-order valence-electron chi connectivity index (χ2n) is 4.81. The number of rotatable bonds is 5. The summed E-state index contributed by atoms with van der Waals surface area (Å²) in [6, 6.07) is 19.2. The molecule has 2 aromatic carbocycles. The molecule has 0 amide bonds. The molecule has 1 heterocycles. The fraction of sp³-hybridized carbons (Fsp3) is 0.176. The van der Waals surface area contributed by atoms with Crippen LogP contribution in [0.4, 0.5) is 0 Å². The minimum atomic E-state index is 0.110. The third kappa shape index (κ3) is 3.17. The van der Waals surface area contributed by atoms with Crippen LogP contribution < -0.4 is 5.32 Å². The first-order valence-electron chi connectivity index (χ1n) is 7.04. The zero-order valence-electron chi connectivity index (χ0n) is 11.9. The Bertz CT molecular complexity index is 663. The van der Waals surface area contributed by atoms with Crippen molar-refractivity contribution in [3.63, 3.8) is 0 Å². The Morgan fingerprint density at radius 3 is 2.33 bits per heavy atom. The van der Waals surface area contributed by atoms with Crippen LogP contribution in [0, 0.1) is 0 Å². The molecule has 1 aromatic heterocycles. The van der Waals surface area contributed by atoms with Gasteiger partial charge < -0.3 is 5.32 Å². The van der Waals surface area contributed by atoms with E-state index in [4.69, 9.17) is 0 Å². The molecule has 1 unspecified atom stereocenters. The lowest BCUT2D eigenvalue weighted by atomic mass is 9.99. The maximum Gasteiger partial charge on any atom is 0.0970 e. The topological polar surface area (TPSA) is 37.8 Å². The summed E-state index contributed by atoms with van der Waals surface area (Å²) in [5.41, 5.74) is 4.66. The minimum Gasteiger partial charge on any atom is -0.305 e. The van der Waals surface area contributed by atoms with Gasteiger partial charge in [-0.05, 0) is 34.8 Å². The maximum atomic E-state index is 4.20. The maximum absolute atomic E-state index is 4.20. The van der Waals surface area contributed by atoms with E-state index in [-0.39, 0.29) is 6.04 Å². The lowest BCUT2D eigenvalue weighted by Crippen LogP contribution is -2.22. The van der Waals surface area contributed by atoms with Crippen molar-refractivity contribution in [2.24, 2.45) is 0 Å². The molecule has 1 N–H and O–H groups in total. The second kappa shape index (κ2) is 6.61. The van der Waals surface area contributed by atoms with E-state index in [1.807, 2.05) is 11.4 Å². The highest BCUT2D eigenvalue weighted by Gasteiger charge is 2.15. The monoisotopic (exact) mass is 295 g/mol. The predicted molar refractivity (Wildman–Crippen MR) is 87.3 cm³/mol. The summed E-state index contributed by atoms with van der Waals surface area (Å²) < 4.78 is 3.97. The van der Waals surface area contributed by atoms with Crippen LogP contribution in [0.2, 0.25) is 0 Å². The Kier molecular flexibility index (Phi) is 4.38. The summed E-state index contributed by atoms with van der Waals surface area (Å²) in [6.07, 6.45) is 0. The first-order chi connectivity index (χ1) is 10.4. The molecule has 3 nitrogen and oxygen atoms in total. The fourth-order valence-electron chi connectivity index (χ4n) is 2.39. The largest absolute Gasteiger partial charge is 0.305 e. The van der Waals surface area contributed by atoms with Crippen molar-refractivity contribution < 1.29 is 0 Å². The van der Waals surface area contributed by atoms with Gasteiger partial charge in [0.1, 0.15) is 0 Å². The van der Waals surface area contributed by atoms with Crippen molar-refractivity contribution in [2.45, 2.75) is 13.0 Å². The van der Waals surface area contributed by atoms with Crippen LogP contribution in [0.15, 0.2) is 60.0 Å². The summed E-state index contributed by atoms with van der Waals surface area (Å²) in [6.45, 7) is 2.99. The minimum absolute atomic E-state index is 0.110. The zero-order valence-corrected chi connectivity index (χ0v) is 12.7. The van der Waals surface area contributed by atoms with E-state index in [1.165, 1.54) is 28.2 Å². The van der Waals surface area contributed by atoms with Crippen LogP contribution in [0.25, 0.3) is 11.1 Å². The number of hydrogen-bond donors (Lipinski definition) is 1. The fourth-order valence-corrected chi connectivity index (χ4v) is 2.87. The van der Waals surface area contributed by atoms with Gasteiger partial charge in [0.15, 0.2) is 0 Å². The van der Waals surface area contributed by atoms with Crippen LogP contribution in [-0.4, -0.2) is 16.1 Å². The standard InChI is InChI=1S/C17H17N3S/c1-2-18-17(16-12-21-20-19-16)15-10-8-14(9-11-15)13-6-4-3-5-7-13/h3-12,17-18H,2H2,1H3. The quantitative estimate of drug-likeness (QED) is 0.775. The molecule has 1 atom stereocenters. The van der Waals surface area contributed by atoms with E-state index in [1.54, 1.807) is 0 Å². The van der Waals surface area contributed by atoms with Crippen molar-refractivity contribution in [3.8, 4) is 11.1 Å². The van der Waals surface area contributed by atoms with E-state index in [0.717, 1.165) is 12.2 Å². The highest BCUT2D eigenvalue weighted by Crippen LogP contribution is 2.25. The van der Waals surface area contributed by atoms with Crippen LogP contribution >= 0.6 is 11.5 Å². The van der Waals surface area contributed by atoms with Crippen LogP contribution in [0.1, 0.15) is 24.2 Å². The molecule has 0 saturated heterocycles. The Balaban J connectivity index is 1.89. The van der Waals surface area contributed by atoms with Gasteiger partial charge in [0.25, 0.3) is 0 Å². The zero-order chi connectivity index (χ0) is 14.5. The first kappa shape index (κ1) is 13.9. The Labute approximate surface area is 128 Å². The summed E-state index contributed by atoms with van der Waals surface area (Å²) in [5, 5.41) is 9.66. The Morgan fingerprint density at radius 2 is 1.71 bits per heavy atom. The Hall–Kier alpha value is -2.04. The van der Waals surface area contributed by atoms with Gasteiger partial charge in [-0.3, -0.25) is 0 Å². The lowest BCUT2D eigenvalue weighted by molar-refractivity contribution is 0.614. The van der Waals surface area contributed by atoms with Crippen molar-refractivity contribution >= 4 is 11.5 Å². The summed E-state index contributed by atoms with van der Waals surface area (Å²) in [4.78, 5) is 0. The smallest absolute Gasteiger partial charge is 0.0970 e. The summed E-state index contributed by atoms with van der Waals surface area (Å²) >= 11 is 1.39. The van der Waals surface area contributed by atoms with Gasteiger partial charge in [-0.1, -0.05) is 66.0 Å². The van der Waals surface area contributed by atoms with E-state index in [9.17, 15) is 0 Å². The molecule has 3 aromatic rings.